The van der Waals surface area contributed by atoms with E-state index in [-0.39, 0.29) is 36.0 Å². The smallest absolute Gasteiger partial charge is 0.229 e. The molecule has 5 heteroatoms. The number of benzene rings is 1. The van der Waals surface area contributed by atoms with Gasteiger partial charge in [0, 0.05) is 18.4 Å². The standard InChI is InChI=1S/C16H17FN2O2/c1-16(2,6-7-18)15(20)19-9-10-8-13(19)11-4-3-5-12(17)14(11)21-10/h3-5,10,13H,6,8-9H2,1-2H3/t10-,13-/m0/s1. The van der Waals surface area contributed by atoms with Gasteiger partial charge in [-0.3, -0.25) is 4.79 Å². The number of para-hydroxylation sites is 1. The third-order valence-corrected chi connectivity index (χ3v) is 4.26. The highest BCUT2D eigenvalue weighted by Crippen LogP contribution is 2.46. The summed E-state index contributed by atoms with van der Waals surface area (Å²) in [5, 5.41) is 8.88. The molecule has 2 bridgehead atoms. The second-order valence-corrected chi connectivity index (χ2v) is 6.33. The molecule has 0 N–H and O–H groups in total. The van der Waals surface area contributed by atoms with Crippen LogP contribution < -0.4 is 4.74 Å². The Labute approximate surface area is 123 Å². The first kappa shape index (κ1) is 13.9. The van der Waals surface area contributed by atoms with E-state index >= 15 is 0 Å². The number of nitrogens with zero attached hydrogens (tertiary/aromatic N) is 2. The van der Waals surface area contributed by atoms with Crippen molar-refractivity contribution in [2.45, 2.75) is 38.8 Å². The van der Waals surface area contributed by atoms with Crippen LogP contribution in [0.25, 0.3) is 0 Å². The van der Waals surface area contributed by atoms with E-state index in [0.29, 0.717) is 13.0 Å². The molecule has 0 aromatic heterocycles. The van der Waals surface area contributed by atoms with E-state index in [1.54, 1.807) is 24.8 Å². The van der Waals surface area contributed by atoms with Crippen LogP contribution in [0.3, 0.4) is 0 Å². The van der Waals surface area contributed by atoms with Crippen LogP contribution in [0.5, 0.6) is 5.75 Å². The quantitative estimate of drug-likeness (QED) is 0.841. The first-order valence-electron chi connectivity index (χ1n) is 7.07. The molecule has 1 fully saturated rings. The fourth-order valence-corrected chi connectivity index (χ4v) is 3.14. The summed E-state index contributed by atoms with van der Waals surface area (Å²) in [6.07, 6.45) is 0.683. The van der Waals surface area contributed by atoms with Gasteiger partial charge in [-0.25, -0.2) is 4.39 Å². The minimum Gasteiger partial charge on any atom is -0.485 e. The van der Waals surface area contributed by atoms with E-state index in [1.807, 2.05) is 6.07 Å². The summed E-state index contributed by atoms with van der Waals surface area (Å²) >= 11 is 0. The van der Waals surface area contributed by atoms with Crippen LogP contribution in [0, 0.1) is 22.6 Å². The van der Waals surface area contributed by atoms with Crippen molar-refractivity contribution in [3.8, 4) is 11.8 Å². The van der Waals surface area contributed by atoms with Gasteiger partial charge in [0.15, 0.2) is 11.6 Å². The Morgan fingerprint density at radius 2 is 2.33 bits per heavy atom. The normalized spacial score (nSPS) is 23.2. The van der Waals surface area contributed by atoms with Gasteiger partial charge in [0.25, 0.3) is 0 Å². The Balaban J connectivity index is 1.95. The molecular weight excluding hydrogens is 271 g/mol. The second-order valence-electron chi connectivity index (χ2n) is 6.33. The van der Waals surface area contributed by atoms with Crippen LogP contribution >= 0.6 is 0 Å². The van der Waals surface area contributed by atoms with E-state index in [2.05, 4.69) is 6.07 Å². The lowest BCUT2D eigenvalue weighted by Crippen LogP contribution is -2.40. The molecule has 0 unspecified atom stereocenters. The number of hydrogen-bond donors (Lipinski definition) is 0. The molecule has 21 heavy (non-hydrogen) atoms. The Morgan fingerprint density at radius 1 is 1.57 bits per heavy atom. The first-order valence-corrected chi connectivity index (χ1v) is 7.07. The van der Waals surface area contributed by atoms with Crippen LogP contribution in [0.4, 0.5) is 4.39 Å². The van der Waals surface area contributed by atoms with Gasteiger partial charge in [-0.05, 0) is 6.07 Å². The van der Waals surface area contributed by atoms with Crippen LogP contribution in [0.2, 0.25) is 0 Å². The molecular formula is C16H17FN2O2. The molecule has 0 radical (unpaired) electrons. The van der Waals surface area contributed by atoms with E-state index in [0.717, 1.165) is 5.56 Å². The number of ether oxygens (including phenoxy) is 1. The van der Waals surface area contributed by atoms with Gasteiger partial charge in [-0.2, -0.15) is 5.26 Å². The monoisotopic (exact) mass is 288 g/mol. The molecule has 3 rings (SSSR count). The van der Waals surface area contributed by atoms with Crippen LogP contribution in [0.1, 0.15) is 38.3 Å². The maximum Gasteiger partial charge on any atom is 0.229 e. The largest absolute Gasteiger partial charge is 0.485 e. The van der Waals surface area contributed by atoms with Gasteiger partial charge in [0.05, 0.1) is 24.1 Å². The molecule has 110 valence electrons. The molecule has 1 saturated heterocycles. The van der Waals surface area contributed by atoms with Crippen molar-refractivity contribution >= 4 is 5.91 Å². The number of rotatable bonds is 2. The van der Waals surface area contributed by atoms with Crippen molar-refractivity contribution in [2.75, 3.05) is 6.54 Å². The zero-order chi connectivity index (χ0) is 15.2. The average Bonchev–Trinajstić information content (AvgIpc) is 2.77. The highest BCUT2D eigenvalue weighted by Gasteiger charge is 2.46. The zero-order valence-electron chi connectivity index (χ0n) is 12.1. The predicted molar refractivity (Wildman–Crippen MR) is 73.9 cm³/mol. The highest BCUT2D eigenvalue weighted by molar-refractivity contribution is 5.83. The van der Waals surface area contributed by atoms with E-state index in [9.17, 15) is 9.18 Å². The SMILES string of the molecule is CC(C)(CC#N)C(=O)N1C[C@@H]2C[C@H]1c1cccc(F)c1O2. The summed E-state index contributed by atoms with van der Waals surface area (Å²) in [5.74, 6) is -0.183. The van der Waals surface area contributed by atoms with Crippen molar-refractivity contribution in [3.63, 3.8) is 0 Å². The van der Waals surface area contributed by atoms with Gasteiger partial charge in [-0.15, -0.1) is 0 Å². The Kier molecular flexibility index (Phi) is 3.12. The summed E-state index contributed by atoms with van der Waals surface area (Å²) in [6.45, 7) is 3.99. The van der Waals surface area contributed by atoms with Crippen LogP contribution in [0.15, 0.2) is 18.2 Å². The number of halogens is 1. The average molecular weight is 288 g/mol. The number of nitriles is 1. The van der Waals surface area contributed by atoms with Crippen molar-refractivity contribution in [2.24, 2.45) is 5.41 Å². The minimum atomic E-state index is -0.736. The van der Waals surface area contributed by atoms with Gasteiger partial charge in [0.1, 0.15) is 6.10 Å². The zero-order valence-corrected chi connectivity index (χ0v) is 12.1. The van der Waals surface area contributed by atoms with Crippen molar-refractivity contribution in [3.05, 3.63) is 29.6 Å². The lowest BCUT2D eigenvalue weighted by Gasteiger charge is -2.32. The van der Waals surface area contributed by atoms with E-state index < -0.39 is 5.41 Å². The molecule has 1 aromatic carbocycles. The van der Waals surface area contributed by atoms with Gasteiger partial charge < -0.3 is 9.64 Å². The lowest BCUT2D eigenvalue weighted by molar-refractivity contribution is -0.141. The van der Waals surface area contributed by atoms with Gasteiger partial charge >= 0.3 is 0 Å². The molecule has 2 aliphatic heterocycles. The highest BCUT2D eigenvalue weighted by atomic mass is 19.1. The molecule has 1 amide bonds. The van der Waals surface area contributed by atoms with E-state index in [4.69, 9.17) is 10.00 Å². The number of likely N-dealkylation sites (tertiary alicyclic amines) is 1. The van der Waals surface area contributed by atoms with Crippen molar-refractivity contribution < 1.29 is 13.9 Å². The Bertz CT molecular complexity index is 636. The molecule has 2 heterocycles. The fraction of sp³-hybridized carbons (Fsp3) is 0.500. The molecule has 4 nitrogen and oxygen atoms in total. The summed E-state index contributed by atoms with van der Waals surface area (Å²) in [6, 6.07) is 6.72. The molecule has 2 aliphatic rings. The van der Waals surface area contributed by atoms with Crippen molar-refractivity contribution in [1.29, 1.82) is 5.26 Å². The maximum absolute atomic E-state index is 13.9. The Hall–Kier alpha value is -2.09. The topological polar surface area (TPSA) is 53.3 Å². The summed E-state index contributed by atoms with van der Waals surface area (Å²) < 4.78 is 19.5. The number of amides is 1. The van der Waals surface area contributed by atoms with Crippen LogP contribution in [-0.2, 0) is 4.79 Å². The lowest BCUT2D eigenvalue weighted by atomic mass is 9.87. The predicted octanol–water partition coefficient (Wildman–Crippen LogP) is 2.80. The third kappa shape index (κ3) is 2.15. The number of carbonyl (C=O) groups excluding carboxylic acids is 1. The van der Waals surface area contributed by atoms with Gasteiger partial charge in [0.2, 0.25) is 5.91 Å². The number of carbonyl (C=O) groups is 1. The summed E-state index contributed by atoms with van der Waals surface area (Å²) in [5.41, 5.74) is -0.00967. The first-order chi connectivity index (χ1) is 9.94. The van der Waals surface area contributed by atoms with Crippen LogP contribution in [-0.4, -0.2) is 23.5 Å². The molecule has 2 atom stereocenters. The fourth-order valence-electron chi connectivity index (χ4n) is 3.14. The third-order valence-electron chi connectivity index (χ3n) is 4.26. The molecule has 0 spiro atoms. The molecule has 0 aliphatic carbocycles. The van der Waals surface area contributed by atoms with Gasteiger partial charge in [-0.1, -0.05) is 26.0 Å². The summed E-state index contributed by atoms with van der Waals surface area (Å²) in [7, 11) is 0. The molecule has 0 saturated carbocycles. The summed E-state index contributed by atoms with van der Waals surface area (Å²) in [4.78, 5) is 14.5. The number of hydrogen-bond acceptors (Lipinski definition) is 3. The Morgan fingerprint density at radius 3 is 3.05 bits per heavy atom. The molecule has 1 aromatic rings. The van der Waals surface area contributed by atoms with Crippen molar-refractivity contribution in [1.82, 2.24) is 4.90 Å². The maximum atomic E-state index is 13.9. The number of fused-ring (bicyclic) bond motifs is 4. The second kappa shape index (κ2) is 4.73. The minimum absolute atomic E-state index is 0.0720. The van der Waals surface area contributed by atoms with E-state index in [1.165, 1.54) is 6.07 Å².